The van der Waals surface area contributed by atoms with Gasteiger partial charge in [0.25, 0.3) is 5.91 Å². The Hall–Kier alpha value is -2.80. The highest BCUT2D eigenvalue weighted by Gasteiger charge is 2.16. The second kappa shape index (κ2) is 6.76. The number of furan rings is 1. The molecule has 1 N–H and O–H groups in total. The van der Waals surface area contributed by atoms with Gasteiger partial charge in [-0.05, 0) is 31.2 Å². The highest BCUT2D eigenvalue weighted by molar-refractivity contribution is 7.13. The molecule has 1 aromatic carbocycles. The van der Waals surface area contributed by atoms with Gasteiger partial charge in [0.15, 0.2) is 10.8 Å². The van der Waals surface area contributed by atoms with E-state index in [0.717, 1.165) is 5.76 Å². The molecule has 7 heteroatoms. The predicted octanol–water partition coefficient (Wildman–Crippen LogP) is 3.98. The summed E-state index contributed by atoms with van der Waals surface area (Å²) in [6.07, 6.45) is 0. The maximum Gasteiger partial charge on any atom is 0.275 e. The lowest BCUT2D eigenvalue weighted by molar-refractivity contribution is 0.102. The average molecular weight is 344 g/mol. The third kappa shape index (κ3) is 3.26. The zero-order valence-electron chi connectivity index (χ0n) is 13.5. The first kappa shape index (κ1) is 16.1. The number of ether oxygens (including phenoxy) is 2. The zero-order valence-corrected chi connectivity index (χ0v) is 14.3. The smallest absolute Gasteiger partial charge is 0.275 e. The Bertz CT molecular complexity index is 869. The number of nitrogens with zero attached hydrogens (tertiary/aromatic N) is 1. The Balaban J connectivity index is 1.82. The summed E-state index contributed by atoms with van der Waals surface area (Å²) in [6.45, 7) is 1.86. The summed E-state index contributed by atoms with van der Waals surface area (Å²) in [5, 5.41) is 5.14. The molecule has 0 radical (unpaired) electrons. The number of nitrogens with one attached hydrogen (secondary N) is 1. The van der Waals surface area contributed by atoms with Gasteiger partial charge in [-0.1, -0.05) is 0 Å². The molecule has 0 saturated heterocycles. The number of carbonyl (C=O) groups is 1. The van der Waals surface area contributed by atoms with Gasteiger partial charge in [0, 0.05) is 11.4 Å². The van der Waals surface area contributed by atoms with Crippen LogP contribution in [0.25, 0.3) is 10.8 Å². The summed E-state index contributed by atoms with van der Waals surface area (Å²) in [7, 11) is 3.10. The van der Waals surface area contributed by atoms with E-state index < -0.39 is 0 Å². The van der Waals surface area contributed by atoms with Gasteiger partial charge in [-0.2, -0.15) is 0 Å². The van der Waals surface area contributed by atoms with Crippen LogP contribution in [0.5, 0.6) is 11.5 Å². The number of methoxy groups -OCH3 is 2. The molecule has 0 spiro atoms. The van der Waals surface area contributed by atoms with Crippen LogP contribution in [0.3, 0.4) is 0 Å². The molecule has 0 bridgehead atoms. The number of anilines is 1. The number of aryl methyl sites for hydroxylation is 1. The second-order valence-corrected chi connectivity index (χ2v) is 5.83. The topological polar surface area (TPSA) is 73.6 Å². The lowest BCUT2D eigenvalue weighted by atomic mass is 10.2. The summed E-state index contributed by atoms with van der Waals surface area (Å²) in [6, 6.07) is 8.87. The predicted molar refractivity (Wildman–Crippen MR) is 92.1 cm³/mol. The third-order valence-electron chi connectivity index (χ3n) is 3.34. The first-order valence-corrected chi connectivity index (χ1v) is 8.04. The zero-order chi connectivity index (χ0) is 17.1. The molecular formula is C17H16N2O4S. The molecule has 0 aliphatic carbocycles. The maximum absolute atomic E-state index is 12.4. The van der Waals surface area contributed by atoms with Gasteiger partial charge in [-0.15, -0.1) is 11.3 Å². The van der Waals surface area contributed by atoms with Crippen molar-refractivity contribution in [2.45, 2.75) is 6.92 Å². The molecule has 2 heterocycles. The van der Waals surface area contributed by atoms with Crippen LogP contribution in [0.15, 0.2) is 40.1 Å². The molecule has 0 fully saturated rings. The van der Waals surface area contributed by atoms with Crippen LogP contribution in [0.1, 0.15) is 16.2 Å². The molecule has 0 aliphatic heterocycles. The quantitative estimate of drug-likeness (QED) is 0.758. The van der Waals surface area contributed by atoms with E-state index >= 15 is 0 Å². The minimum atomic E-state index is -0.327. The van der Waals surface area contributed by atoms with E-state index in [9.17, 15) is 4.79 Å². The van der Waals surface area contributed by atoms with Gasteiger partial charge in [-0.25, -0.2) is 4.98 Å². The van der Waals surface area contributed by atoms with Crippen LogP contribution in [0, 0.1) is 6.92 Å². The molecule has 0 aliphatic rings. The van der Waals surface area contributed by atoms with Crippen LogP contribution in [0.2, 0.25) is 0 Å². The van der Waals surface area contributed by atoms with Crippen molar-refractivity contribution in [3.63, 3.8) is 0 Å². The summed E-state index contributed by atoms with van der Waals surface area (Å²) < 4.78 is 16.0. The molecule has 3 aromatic rings. The fourth-order valence-corrected chi connectivity index (χ4v) is 2.90. The summed E-state index contributed by atoms with van der Waals surface area (Å²) in [4.78, 5) is 16.8. The minimum Gasteiger partial charge on any atom is -0.497 e. The largest absolute Gasteiger partial charge is 0.497 e. The molecule has 0 saturated carbocycles. The van der Waals surface area contributed by atoms with E-state index in [1.165, 1.54) is 18.4 Å². The number of rotatable bonds is 5. The standard InChI is InChI=1S/C17H16N2O4S/c1-10-4-6-15(23-10)17-19-13(9-24-17)16(20)18-12-8-11(21-2)5-7-14(12)22-3/h4-9H,1-3H3,(H,18,20). The highest BCUT2D eigenvalue weighted by Crippen LogP contribution is 2.30. The van der Waals surface area contributed by atoms with E-state index in [2.05, 4.69) is 10.3 Å². The van der Waals surface area contributed by atoms with Crippen molar-refractivity contribution in [3.05, 3.63) is 47.2 Å². The molecule has 124 valence electrons. The van der Waals surface area contributed by atoms with Gasteiger partial charge >= 0.3 is 0 Å². The lowest BCUT2D eigenvalue weighted by Crippen LogP contribution is -2.13. The SMILES string of the molecule is COc1ccc(OC)c(NC(=O)c2csc(-c3ccc(C)o3)n2)c1. The van der Waals surface area contributed by atoms with Crippen molar-refractivity contribution in [2.24, 2.45) is 0 Å². The van der Waals surface area contributed by atoms with Crippen molar-refractivity contribution in [2.75, 3.05) is 19.5 Å². The lowest BCUT2D eigenvalue weighted by Gasteiger charge is -2.10. The molecule has 3 rings (SSSR count). The van der Waals surface area contributed by atoms with E-state index in [4.69, 9.17) is 13.9 Å². The number of carbonyl (C=O) groups excluding carboxylic acids is 1. The monoisotopic (exact) mass is 344 g/mol. The Morgan fingerprint density at radius 3 is 2.71 bits per heavy atom. The molecule has 0 unspecified atom stereocenters. The van der Waals surface area contributed by atoms with Gasteiger partial charge < -0.3 is 19.2 Å². The van der Waals surface area contributed by atoms with Crippen molar-refractivity contribution in [1.82, 2.24) is 4.98 Å². The third-order valence-corrected chi connectivity index (χ3v) is 4.20. The first-order valence-electron chi connectivity index (χ1n) is 7.16. The average Bonchev–Trinajstić information content (AvgIpc) is 3.23. The van der Waals surface area contributed by atoms with Crippen LogP contribution >= 0.6 is 11.3 Å². The van der Waals surface area contributed by atoms with E-state index in [1.54, 1.807) is 30.7 Å². The second-order valence-electron chi connectivity index (χ2n) is 4.97. The highest BCUT2D eigenvalue weighted by atomic mass is 32.1. The van der Waals surface area contributed by atoms with Gasteiger partial charge in [0.1, 0.15) is 23.0 Å². The van der Waals surface area contributed by atoms with Gasteiger partial charge in [0.05, 0.1) is 19.9 Å². The van der Waals surface area contributed by atoms with Gasteiger partial charge in [-0.3, -0.25) is 4.79 Å². The van der Waals surface area contributed by atoms with E-state index in [-0.39, 0.29) is 5.91 Å². The fourth-order valence-electron chi connectivity index (χ4n) is 2.14. The Morgan fingerprint density at radius 1 is 1.21 bits per heavy atom. The van der Waals surface area contributed by atoms with Crippen molar-refractivity contribution in [3.8, 4) is 22.3 Å². The van der Waals surface area contributed by atoms with E-state index in [1.807, 2.05) is 19.1 Å². The minimum absolute atomic E-state index is 0.314. The van der Waals surface area contributed by atoms with Crippen molar-refractivity contribution in [1.29, 1.82) is 0 Å². The maximum atomic E-state index is 12.4. The summed E-state index contributed by atoms with van der Waals surface area (Å²) >= 11 is 1.35. The number of hydrogen-bond acceptors (Lipinski definition) is 6. The Labute approximate surface area is 143 Å². The molecular weight excluding hydrogens is 328 g/mol. The summed E-state index contributed by atoms with van der Waals surface area (Å²) in [5.41, 5.74) is 0.833. The molecule has 2 aromatic heterocycles. The number of benzene rings is 1. The number of aromatic nitrogens is 1. The van der Waals surface area contributed by atoms with Crippen molar-refractivity contribution >= 4 is 22.9 Å². The van der Waals surface area contributed by atoms with Crippen LogP contribution in [0.4, 0.5) is 5.69 Å². The van der Waals surface area contributed by atoms with Crippen LogP contribution < -0.4 is 14.8 Å². The molecule has 1 amide bonds. The van der Waals surface area contributed by atoms with E-state index in [0.29, 0.717) is 33.6 Å². The molecule has 24 heavy (non-hydrogen) atoms. The normalized spacial score (nSPS) is 10.5. The fraction of sp³-hybridized carbons (Fsp3) is 0.176. The Kier molecular flexibility index (Phi) is 4.52. The number of hydrogen-bond donors (Lipinski definition) is 1. The number of amides is 1. The summed E-state index contributed by atoms with van der Waals surface area (Å²) in [5.74, 6) is 2.28. The first-order chi connectivity index (χ1) is 11.6. The number of thiazole rings is 1. The van der Waals surface area contributed by atoms with Gasteiger partial charge in [0.2, 0.25) is 0 Å². The van der Waals surface area contributed by atoms with Crippen LogP contribution in [-0.4, -0.2) is 25.1 Å². The molecule has 0 atom stereocenters. The van der Waals surface area contributed by atoms with Crippen LogP contribution in [-0.2, 0) is 0 Å². The van der Waals surface area contributed by atoms with Crippen molar-refractivity contribution < 1.29 is 18.7 Å². The molecule has 6 nitrogen and oxygen atoms in total. The Morgan fingerprint density at radius 2 is 2.04 bits per heavy atom.